The average molecular weight is 242 g/mol. The number of hydrogen-bond donors (Lipinski definition) is 2. The standard InChI is InChI=1S/C10H12BrNO/c1-3-8(12)9-7(11)5-4-6(2)10(9)13/h3-5,8,13H,1,12H2,2H3/t8-/m1/s1. The molecule has 70 valence electrons. The SMILES string of the molecule is C=C[C@@H](N)c1c(Br)ccc(C)c1O. The summed E-state index contributed by atoms with van der Waals surface area (Å²) in [6.45, 7) is 5.43. The van der Waals surface area contributed by atoms with E-state index in [9.17, 15) is 5.11 Å². The summed E-state index contributed by atoms with van der Waals surface area (Å²) in [6.07, 6.45) is 1.60. The van der Waals surface area contributed by atoms with E-state index < -0.39 is 0 Å². The predicted molar refractivity (Wildman–Crippen MR) is 57.7 cm³/mol. The van der Waals surface area contributed by atoms with Gasteiger partial charge >= 0.3 is 0 Å². The lowest BCUT2D eigenvalue weighted by molar-refractivity contribution is 0.461. The summed E-state index contributed by atoms with van der Waals surface area (Å²) < 4.78 is 0.808. The molecule has 0 unspecified atom stereocenters. The number of hydrogen-bond acceptors (Lipinski definition) is 2. The monoisotopic (exact) mass is 241 g/mol. The molecule has 0 spiro atoms. The number of rotatable bonds is 2. The van der Waals surface area contributed by atoms with Crippen LogP contribution in [0.2, 0.25) is 0 Å². The highest BCUT2D eigenvalue weighted by atomic mass is 79.9. The zero-order valence-electron chi connectivity index (χ0n) is 7.42. The summed E-state index contributed by atoms with van der Waals surface area (Å²) in [7, 11) is 0. The molecule has 1 atom stereocenters. The van der Waals surface area contributed by atoms with Gasteiger partial charge in [0.2, 0.25) is 0 Å². The highest BCUT2D eigenvalue weighted by Gasteiger charge is 2.13. The maximum Gasteiger partial charge on any atom is 0.124 e. The molecule has 0 aliphatic carbocycles. The van der Waals surface area contributed by atoms with Gasteiger partial charge in [-0.2, -0.15) is 0 Å². The first-order valence-corrected chi connectivity index (χ1v) is 4.73. The summed E-state index contributed by atoms with van der Waals surface area (Å²) in [5.41, 5.74) is 7.26. The Morgan fingerprint density at radius 1 is 1.62 bits per heavy atom. The third-order valence-corrected chi connectivity index (χ3v) is 2.64. The average Bonchev–Trinajstić information content (AvgIpc) is 2.12. The molecule has 0 aliphatic heterocycles. The van der Waals surface area contributed by atoms with Gasteiger partial charge in [-0.15, -0.1) is 6.58 Å². The van der Waals surface area contributed by atoms with Gasteiger partial charge in [-0.1, -0.05) is 28.1 Å². The van der Waals surface area contributed by atoms with E-state index >= 15 is 0 Å². The number of benzene rings is 1. The fourth-order valence-electron chi connectivity index (χ4n) is 1.13. The highest BCUT2D eigenvalue weighted by Crippen LogP contribution is 2.33. The smallest absolute Gasteiger partial charge is 0.124 e. The molecular formula is C10H12BrNO. The zero-order valence-corrected chi connectivity index (χ0v) is 9.01. The fraction of sp³-hybridized carbons (Fsp3) is 0.200. The number of aromatic hydroxyl groups is 1. The molecular weight excluding hydrogens is 230 g/mol. The Bertz CT molecular complexity index is 336. The van der Waals surface area contributed by atoms with Crippen molar-refractivity contribution in [3.05, 3.63) is 40.4 Å². The van der Waals surface area contributed by atoms with Gasteiger partial charge in [0.15, 0.2) is 0 Å². The summed E-state index contributed by atoms with van der Waals surface area (Å²) in [6, 6.07) is 3.36. The van der Waals surface area contributed by atoms with Crippen LogP contribution in [0.3, 0.4) is 0 Å². The van der Waals surface area contributed by atoms with E-state index in [-0.39, 0.29) is 11.8 Å². The molecule has 0 amide bonds. The van der Waals surface area contributed by atoms with Gasteiger partial charge in [0.05, 0.1) is 6.04 Å². The molecule has 0 saturated heterocycles. The van der Waals surface area contributed by atoms with E-state index in [0.29, 0.717) is 5.56 Å². The summed E-state index contributed by atoms with van der Waals surface area (Å²) >= 11 is 3.33. The van der Waals surface area contributed by atoms with Crippen LogP contribution in [0.4, 0.5) is 0 Å². The molecule has 3 N–H and O–H groups in total. The van der Waals surface area contributed by atoms with Crippen LogP contribution >= 0.6 is 15.9 Å². The number of nitrogens with two attached hydrogens (primary N) is 1. The molecule has 0 aliphatic rings. The Labute approximate surface area is 86.2 Å². The number of phenols is 1. The van der Waals surface area contributed by atoms with Gasteiger partial charge in [-0.3, -0.25) is 0 Å². The van der Waals surface area contributed by atoms with E-state index in [1.807, 2.05) is 19.1 Å². The van der Waals surface area contributed by atoms with Crippen molar-refractivity contribution in [2.75, 3.05) is 0 Å². The molecule has 1 rings (SSSR count). The second-order valence-electron chi connectivity index (χ2n) is 2.89. The number of aryl methyl sites for hydroxylation is 1. The van der Waals surface area contributed by atoms with Crippen molar-refractivity contribution in [2.45, 2.75) is 13.0 Å². The van der Waals surface area contributed by atoms with Gasteiger partial charge in [0, 0.05) is 10.0 Å². The predicted octanol–water partition coefficient (Wildman–Crippen LogP) is 2.65. The van der Waals surface area contributed by atoms with Crippen LogP contribution in [0.15, 0.2) is 29.3 Å². The maximum atomic E-state index is 9.72. The molecule has 0 bridgehead atoms. The first kappa shape index (κ1) is 10.3. The molecule has 0 aromatic heterocycles. The van der Waals surface area contributed by atoms with E-state index in [2.05, 4.69) is 22.5 Å². The third-order valence-electron chi connectivity index (χ3n) is 1.95. The minimum Gasteiger partial charge on any atom is -0.507 e. The molecule has 3 heteroatoms. The normalized spacial score (nSPS) is 12.5. The molecule has 2 nitrogen and oxygen atoms in total. The van der Waals surface area contributed by atoms with Crippen molar-refractivity contribution in [3.8, 4) is 5.75 Å². The number of halogens is 1. The van der Waals surface area contributed by atoms with Gasteiger partial charge in [-0.05, 0) is 18.6 Å². The van der Waals surface area contributed by atoms with Crippen LogP contribution in [0, 0.1) is 6.92 Å². The second-order valence-corrected chi connectivity index (χ2v) is 3.74. The second kappa shape index (κ2) is 3.94. The van der Waals surface area contributed by atoms with Crippen molar-refractivity contribution < 1.29 is 5.11 Å². The quantitative estimate of drug-likeness (QED) is 0.783. The first-order valence-electron chi connectivity index (χ1n) is 3.94. The Kier molecular flexibility index (Phi) is 3.12. The third kappa shape index (κ3) is 1.92. The molecule has 1 aromatic rings. The minimum atomic E-state index is -0.339. The largest absolute Gasteiger partial charge is 0.507 e. The van der Waals surface area contributed by atoms with E-state index in [1.54, 1.807) is 6.08 Å². The van der Waals surface area contributed by atoms with E-state index in [0.717, 1.165) is 10.0 Å². The summed E-state index contributed by atoms with van der Waals surface area (Å²) in [4.78, 5) is 0. The Morgan fingerprint density at radius 3 is 2.77 bits per heavy atom. The molecule has 0 heterocycles. The van der Waals surface area contributed by atoms with Crippen molar-refractivity contribution in [1.82, 2.24) is 0 Å². The van der Waals surface area contributed by atoms with E-state index in [4.69, 9.17) is 5.73 Å². The van der Waals surface area contributed by atoms with Gasteiger partial charge in [0.1, 0.15) is 5.75 Å². The van der Waals surface area contributed by atoms with Crippen molar-refractivity contribution in [3.63, 3.8) is 0 Å². The Morgan fingerprint density at radius 2 is 2.23 bits per heavy atom. The lowest BCUT2D eigenvalue weighted by atomic mass is 10.0. The van der Waals surface area contributed by atoms with Crippen LogP contribution in [-0.2, 0) is 0 Å². The van der Waals surface area contributed by atoms with Crippen LogP contribution in [-0.4, -0.2) is 5.11 Å². The van der Waals surface area contributed by atoms with E-state index in [1.165, 1.54) is 0 Å². The molecule has 0 radical (unpaired) electrons. The van der Waals surface area contributed by atoms with Gasteiger partial charge < -0.3 is 10.8 Å². The maximum absolute atomic E-state index is 9.72. The minimum absolute atomic E-state index is 0.238. The summed E-state index contributed by atoms with van der Waals surface area (Å²) in [5, 5.41) is 9.72. The lowest BCUT2D eigenvalue weighted by Gasteiger charge is -2.13. The lowest BCUT2D eigenvalue weighted by Crippen LogP contribution is -2.08. The molecule has 0 saturated carbocycles. The first-order chi connectivity index (χ1) is 6.07. The van der Waals surface area contributed by atoms with Gasteiger partial charge in [-0.25, -0.2) is 0 Å². The highest BCUT2D eigenvalue weighted by molar-refractivity contribution is 9.10. The zero-order chi connectivity index (χ0) is 10.0. The van der Waals surface area contributed by atoms with Gasteiger partial charge in [0.25, 0.3) is 0 Å². The summed E-state index contributed by atoms with van der Waals surface area (Å²) in [5.74, 6) is 0.238. The van der Waals surface area contributed by atoms with Crippen molar-refractivity contribution in [2.24, 2.45) is 5.73 Å². The molecule has 0 fully saturated rings. The number of phenolic OH excluding ortho intramolecular Hbond substituents is 1. The molecule has 1 aromatic carbocycles. The van der Waals surface area contributed by atoms with Crippen LogP contribution < -0.4 is 5.73 Å². The van der Waals surface area contributed by atoms with Crippen molar-refractivity contribution in [1.29, 1.82) is 0 Å². The Hall–Kier alpha value is -0.800. The topological polar surface area (TPSA) is 46.2 Å². The fourth-order valence-corrected chi connectivity index (χ4v) is 1.71. The van der Waals surface area contributed by atoms with Crippen LogP contribution in [0.25, 0.3) is 0 Å². The van der Waals surface area contributed by atoms with Crippen LogP contribution in [0.1, 0.15) is 17.2 Å². The molecule has 13 heavy (non-hydrogen) atoms. The van der Waals surface area contributed by atoms with Crippen LogP contribution in [0.5, 0.6) is 5.75 Å². The Balaban J connectivity index is 3.32. The van der Waals surface area contributed by atoms with Crippen molar-refractivity contribution >= 4 is 15.9 Å².